The Labute approximate surface area is 110 Å². The summed E-state index contributed by atoms with van der Waals surface area (Å²) in [6.07, 6.45) is 2.24. The zero-order valence-electron chi connectivity index (χ0n) is 10.3. The number of carboxylic acids is 1. The number of rotatable bonds is 3. The van der Waals surface area contributed by atoms with E-state index in [0.717, 1.165) is 11.1 Å². The molecule has 0 fully saturated rings. The monoisotopic (exact) mass is 253 g/mol. The molecule has 0 saturated heterocycles. The molecule has 94 valence electrons. The Balaban J connectivity index is 2.55. The van der Waals surface area contributed by atoms with E-state index in [2.05, 4.69) is 9.97 Å². The topological polar surface area (TPSA) is 86.9 Å². The molecule has 19 heavy (non-hydrogen) atoms. The molecule has 0 bridgehead atoms. The highest BCUT2D eigenvalue weighted by Gasteiger charge is 2.12. The van der Waals surface area contributed by atoms with Gasteiger partial charge in [-0.2, -0.15) is 5.26 Å². The van der Waals surface area contributed by atoms with E-state index in [0.29, 0.717) is 17.7 Å². The zero-order valence-corrected chi connectivity index (χ0v) is 10.3. The summed E-state index contributed by atoms with van der Waals surface area (Å²) in [4.78, 5) is 18.8. The number of hydrogen-bond acceptors (Lipinski definition) is 4. The van der Waals surface area contributed by atoms with Crippen LogP contribution < -0.4 is 0 Å². The number of aryl methyl sites for hydroxylation is 1. The largest absolute Gasteiger partial charge is 0.475 e. The van der Waals surface area contributed by atoms with Crippen molar-refractivity contribution < 1.29 is 9.90 Å². The first-order chi connectivity index (χ1) is 9.15. The summed E-state index contributed by atoms with van der Waals surface area (Å²) < 4.78 is 0. The molecule has 0 aliphatic carbocycles. The second kappa shape index (κ2) is 5.27. The predicted octanol–water partition coefficient (Wildman–Crippen LogP) is 2.28. The molecule has 0 radical (unpaired) electrons. The van der Waals surface area contributed by atoms with Crippen molar-refractivity contribution in [1.82, 2.24) is 9.97 Å². The number of nitrogens with zero attached hydrogens (tertiary/aromatic N) is 3. The summed E-state index contributed by atoms with van der Waals surface area (Å²) in [6.45, 7) is 1.95. The summed E-state index contributed by atoms with van der Waals surface area (Å²) in [5.74, 6) is -1.38. The van der Waals surface area contributed by atoms with Gasteiger partial charge in [0.15, 0.2) is 0 Å². The summed E-state index contributed by atoms with van der Waals surface area (Å²) >= 11 is 0. The minimum Gasteiger partial charge on any atom is -0.475 e. The fourth-order valence-electron chi connectivity index (χ4n) is 1.72. The second-order valence-electron chi connectivity index (χ2n) is 3.92. The van der Waals surface area contributed by atoms with E-state index in [1.54, 1.807) is 24.3 Å². The van der Waals surface area contributed by atoms with Crippen LogP contribution in [-0.2, 0) is 6.42 Å². The molecule has 1 heterocycles. The third kappa shape index (κ3) is 2.58. The fourth-order valence-corrected chi connectivity index (χ4v) is 1.72. The lowest BCUT2D eigenvalue weighted by molar-refractivity contribution is 0.0683. The summed E-state index contributed by atoms with van der Waals surface area (Å²) in [5, 5.41) is 17.7. The van der Waals surface area contributed by atoms with Crippen LogP contribution >= 0.6 is 0 Å². The number of carbonyl (C=O) groups is 1. The van der Waals surface area contributed by atoms with Crippen LogP contribution in [0.4, 0.5) is 0 Å². The van der Waals surface area contributed by atoms with Crippen LogP contribution in [0.1, 0.15) is 28.7 Å². The lowest BCUT2D eigenvalue weighted by atomic mass is 10.0. The molecule has 0 spiro atoms. The zero-order chi connectivity index (χ0) is 13.8. The molecule has 1 aromatic carbocycles. The van der Waals surface area contributed by atoms with E-state index < -0.39 is 5.97 Å². The van der Waals surface area contributed by atoms with Gasteiger partial charge in [0.2, 0.25) is 5.82 Å². The van der Waals surface area contributed by atoms with E-state index in [9.17, 15) is 4.79 Å². The molecule has 2 aromatic rings. The minimum atomic E-state index is -1.16. The van der Waals surface area contributed by atoms with Gasteiger partial charge >= 0.3 is 5.97 Å². The summed E-state index contributed by atoms with van der Waals surface area (Å²) in [6, 6.07) is 8.90. The number of benzene rings is 1. The molecule has 0 aliphatic heterocycles. The van der Waals surface area contributed by atoms with Crippen LogP contribution in [-0.4, -0.2) is 21.0 Å². The third-order valence-electron chi connectivity index (χ3n) is 2.72. The van der Waals surface area contributed by atoms with Gasteiger partial charge in [-0.3, -0.25) is 0 Å². The van der Waals surface area contributed by atoms with Gasteiger partial charge in [-0.1, -0.05) is 19.1 Å². The molecule has 0 saturated carbocycles. The van der Waals surface area contributed by atoms with Crippen molar-refractivity contribution in [3.8, 4) is 17.3 Å². The first-order valence-corrected chi connectivity index (χ1v) is 5.75. The van der Waals surface area contributed by atoms with Crippen molar-refractivity contribution in [2.24, 2.45) is 0 Å². The fraction of sp³-hybridized carbons (Fsp3) is 0.143. The van der Waals surface area contributed by atoms with Crippen molar-refractivity contribution in [3.05, 3.63) is 47.4 Å². The van der Waals surface area contributed by atoms with Gasteiger partial charge in [-0.15, -0.1) is 0 Å². The Kier molecular flexibility index (Phi) is 3.53. The van der Waals surface area contributed by atoms with E-state index in [4.69, 9.17) is 10.4 Å². The molecular formula is C14H11N3O2. The summed E-state index contributed by atoms with van der Waals surface area (Å²) in [7, 11) is 0. The number of aromatic carboxylic acids is 1. The quantitative estimate of drug-likeness (QED) is 0.906. The maximum absolute atomic E-state index is 10.9. The molecule has 0 atom stereocenters. The van der Waals surface area contributed by atoms with Gasteiger partial charge in [-0.25, -0.2) is 14.8 Å². The lowest BCUT2D eigenvalue weighted by Gasteiger charge is -2.07. The molecule has 5 nitrogen and oxygen atoms in total. The lowest BCUT2D eigenvalue weighted by Crippen LogP contribution is -2.06. The normalized spacial score (nSPS) is 9.89. The molecular weight excluding hydrogens is 242 g/mol. The number of nitriles is 1. The van der Waals surface area contributed by atoms with Gasteiger partial charge < -0.3 is 5.11 Å². The van der Waals surface area contributed by atoms with Gasteiger partial charge in [0, 0.05) is 11.8 Å². The van der Waals surface area contributed by atoms with Crippen LogP contribution in [0.3, 0.4) is 0 Å². The molecule has 5 heteroatoms. The molecule has 0 aliphatic rings. The highest BCUT2D eigenvalue weighted by atomic mass is 16.4. The van der Waals surface area contributed by atoms with Gasteiger partial charge in [-0.05, 0) is 24.1 Å². The molecule has 0 amide bonds. The van der Waals surface area contributed by atoms with Gasteiger partial charge in [0.1, 0.15) is 0 Å². The van der Waals surface area contributed by atoms with Gasteiger partial charge in [0.25, 0.3) is 0 Å². The van der Waals surface area contributed by atoms with Crippen LogP contribution in [0.15, 0.2) is 30.5 Å². The Hall–Kier alpha value is -2.74. The van der Waals surface area contributed by atoms with Crippen molar-refractivity contribution in [2.45, 2.75) is 13.3 Å². The van der Waals surface area contributed by atoms with Crippen molar-refractivity contribution >= 4 is 5.97 Å². The highest BCUT2D eigenvalue weighted by molar-refractivity contribution is 5.84. The Morgan fingerprint density at radius 3 is 2.58 bits per heavy atom. The Morgan fingerprint density at radius 1 is 1.37 bits per heavy atom. The maximum atomic E-state index is 10.9. The van der Waals surface area contributed by atoms with E-state index in [1.807, 2.05) is 13.0 Å². The summed E-state index contributed by atoms with van der Waals surface area (Å²) in [5.41, 5.74) is 2.80. The van der Waals surface area contributed by atoms with Crippen molar-refractivity contribution in [1.29, 1.82) is 5.26 Å². The Bertz CT molecular complexity index is 657. The van der Waals surface area contributed by atoms with E-state index in [1.165, 1.54) is 6.20 Å². The number of carboxylic acid groups (broad SMARTS) is 1. The first-order valence-electron chi connectivity index (χ1n) is 5.75. The van der Waals surface area contributed by atoms with Crippen LogP contribution in [0.5, 0.6) is 0 Å². The second-order valence-corrected chi connectivity index (χ2v) is 3.92. The molecule has 1 aromatic heterocycles. The van der Waals surface area contributed by atoms with Crippen LogP contribution in [0.2, 0.25) is 0 Å². The standard InChI is InChI=1S/C14H11N3O2/c1-2-10-8-16-13(14(18)19)17-12(10)11-5-3-9(7-15)4-6-11/h3-6,8H,2H2,1H3,(H,18,19). The SMILES string of the molecule is CCc1cnc(C(=O)O)nc1-c1ccc(C#N)cc1. The maximum Gasteiger partial charge on any atom is 0.373 e. The average molecular weight is 253 g/mol. The van der Waals surface area contributed by atoms with Crippen LogP contribution in [0, 0.1) is 11.3 Å². The molecule has 1 N–H and O–H groups in total. The molecule has 2 rings (SSSR count). The van der Waals surface area contributed by atoms with Crippen molar-refractivity contribution in [3.63, 3.8) is 0 Å². The van der Waals surface area contributed by atoms with Gasteiger partial charge in [0.05, 0.1) is 17.3 Å². The first kappa shape index (κ1) is 12.7. The number of aromatic nitrogens is 2. The average Bonchev–Trinajstić information content (AvgIpc) is 2.46. The Morgan fingerprint density at radius 2 is 2.05 bits per heavy atom. The highest BCUT2D eigenvalue weighted by Crippen LogP contribution is 2.22. The van der Waals surface area contributed by atoms with Crippen LogP contribution in [0.25, 0.3) is 11.3 Å². The smallest absolute Gasteiger partial charge is 0.373 e. The minimum absolute atomic E-state index is 0.225. The third-order valence-corrected chi connectivity index (χ3v) is 2.72. The number of hydrogen-bond donors (Lipinski definition) is 1. The van der Waals surface area contributed by atoms with E-state index >= 15 is 0 Å². The molecule has 0 unspecified atom stereocenters. The van der Waals surface area contributed by atoms with Crippen molar-refractivity contribution in [2.75, 3.05) is 0 Å². The van der Waals surface area contributed by atoms with E-state index in [-0.39, 0.29) is 5.82 Å². The predicted molar refractivity (Wildman–Crippen MR) is 68.5 cm³/mol.